The van der Waals surface area contributed by atoms with E-state index in [0.717, 1.165) is 16.9 Å². The fraction of sp³-hybridized carbons (Fsp3) is 0.167. The van der Waals surface area contributed by atoms with Crippen molar-refractivity contribution in [3.63, 3.8) is 0 Å². The lowest BCUT2D eigenvalue weighted by molar-refractivity contribution is -0.114. The van der Waals surface area contributed by atoms with Crippen LogP contribution in [0.4, 0.5) is 11.4 Å². The van der Waals surface area contributed by atoms with Gasteiger partial charge in [0.2, 0.25) is 5.91 Å². The predicted molar refractivity (Wildman–Crippen MR) is 117 cm³/mol. The van der Waals surface area contributed by atoms with Crippen LogP contribution in [0.5, 0.6) is 11.5 Å². The highest BCUT2D eigenvalue weighted by atomic mass is 16.5. The Hall–Kier alpha value is -3.80. The molecule has 6 heteroatoms. The van der Waals surface area contributed by atoms with E-state index in [1.165, 1.54) is 6.92 Å². The molecular weight excluding hydrogens is 380 g/mol. The summed E-state index contributed by atoms with van der Waals surface area (Å²) in [6.45, 7) is 3.74. The van der Waals surface area contributed by atoms with Gasteiger partial charge in [0.1, 0.15) is 18.1 Å². The Kier molecular flexibility index (Phi) is 6.70. The number of anilines is 2. The van der Waals surface area contributed by atoms with Crippen molar-refractivity contribution in [3.05, 3.63) is 83.4 Å². The van der Waals surface area contributed by atoms with E-state index >= 15 is 0 Å². The van der Waals surface area contributed by atoms with E-state index < -0.39 is 0 Å². The van der Waals surface area contributed by atoms with Gasteiger partial charge in [-0.1, -0.05) is 17.7 Å². The number of carbonyl (C=O) groups is 2. The molecule has 0 atom stereocenters. The van der Waals surface area contributed by atoms with Crippen LogP contribution in [0.15, 0.2) is 66.7 Å². The quantitative estimate of drug-likeness (QED) is 0.593. The molecule has 0 aliphatic heterocycles. The summed E-state index contributed by atoms with van der Waals surface area (Å²) in [6.07, 6.45) is 0. The second-order valence-electron chi connectivity index (χ2n) is 6.84. The summed E-state index contributed by atoms with van der Waals surface area (Å²) in [6, 6.07) is 19.9. The first-order chi connectivity index (χ1) is 14.4. The van der Waals surface area contributed by atoms with Crippen LogP contribution in [-0.2, 0) is 11.4 Å². The normalized spacial score (nSPS) is 10.2. The maximum atomic E-state index is 12.7. The van der Waals surface area contributed by atoms with Gasteiger partial charge in [0.05, 0.1) is 7.11 Å². The lowest BCUT2D eigenvalue weighted by atomic mass is 10.1. The molecule has 0 unspecified atom stereocenters. The maximum absolute atomic E-state index is 12.7. The van der Waals surface area contributed by atoms with Crippen molar-refractivity contribution in [2.75, 3.05) is 17.7 Å². The average Bonchev–Trinajstić information content (AvgIpc) is 2.74. The average molecular weight is 404 g/mol. The molecule has 3 rings (SSSR count). The van der Waals surface area contributed by atoms with Crippen LogP contribution in [0.1, 0.15) is 28.4 Å². The van der Waals surface area contributed by atoms with E-state index in [-0.39, 0.29) is 18.4 Å². The first-order valence-corrected chi connectivity index (χ1v) is 9.50. The van der Waals surface area contributed by atoms with Crippen LogP contribution < -0.4 is 20.1 Å². The van der Waals surface area contributed by atoms with E-state index in [2.05, 4.69) is 10.6 Å². The van der Waals surface area contributed by atoms with Crippen molar-refractivity contribution >= 4 is 23.2 Å². The van der Waals surface area contributed by atoms with Crippen molar-refractivity contribution in [1.82, 2.24) is 0 Å². The van der Waals surface area contributed by atoms with Crippen LogP contribution in [-0.4, -0.2) is 18.9 Å². The van der Waals surface area contributed by atoms with Crippen molar-refractivity contribution in [3.8, 4) is 11.5 Å². The number of hydrogen-bond acceptors (Lipinski definition) is 4. The van der Waals surface area contributed by atoms with Gasteiger partial charge in [-0.25, -0.2) is 0 Å². The van der Waals surface area contributed by atoms with Gasteiger partial charge >= 0.3 is 0 Å². The topological polar surface area (TPSA) is 76.7 Å². The minimum atomic E-state index is -0.249. The van der Waals surface area contributed by atoms with Crippen LogP contribution >= 0.6 is 0 Å². The number of hydrogen-bond donors (Lipinski definition) is 2. The zero-order valence-electron chi connectivity index (χ0n) is 17.2. The molecule has 0 fully saturated rings. The van der Waals surface area contributed by atoms with Gasteiger partial charge in [0.25, 0.3) is 5.91 Å². The third kappa shape index (κ3) is 5.61. The van der Waals surface area contributed by atoms with Crippen LogP contribution in [0.25, 0.3) is 0 Å². The highest BCUT2D eigenvalue weighted by Gasteiger charge is 2.12. The molecule has 2 amide bonds. The summed E-state index contributed by atoms with van der Waals surface area (Å²) < 4.78 is 11.2. The lowest BCUT2D eigenvalue weighted by Crippen LogP contribution is -2.13. The van der Waals surface area contributed by atoms with Crippen molar-refractivity contribution in [1.29, 1.82) is 0 Å². The number of methoxy groups -OCH3 is 1. The summed E-state index contributed by atoms with van der Waals surface area (Å²) in [7, 11) is 1.58. The van der Waals surface area contributed by atoms with Gasteiger partial charge in [0.15, 0.2) is 0 Å². The third-order valence-corrected chi connectivity index (χ3v) is 4.42. The Bertz CT molecular complexity index is 1030. The first-order valence-electron chi connectivity index (χ1n) is 9.50. The second-order valence-corrected chi connectivity index (χ2v) is 6.84. The third-order valence-electron chi connectivity index (χ3n) is 4.42. The Labute approximate surface area is 175 Å². The van der Waals surface area contributed by atoms with Gasteiger partial charge in [-0.15, -0.1) is 0 Å². The zero-order valence-corrected chi connectivity index (χ0v) is 17.2. The highest BCUT2D eigenvalue weighted by Crippen LogP contribution is 2.23. The Morgan fingerprint density at radius 2 is 1.50 bits per heavy atom. The minimum Gasteiger partial charge on any atom is -0.496 e. The molecule has 0 heterocycles. The fourth-order valence-corrected chi connectivity index (χ4v) is 2.87. The SMILES string of the molecule is COc1ccc(C(=O)Nc2ccc(NC(C)=O)cc2)cc1COc1ccc(C)cc1. The number of ether oxygens (including phenoxy) is 2. The molecule has 30 heavy (non-hydrogen) atoms. The van der Waals surface area contributed by atoms with Crippen LogP contribution in [0.2, 0.25) is 0 Å². The minimum absolute atomic E-state index is 0.148. The molecule has 2 N–H and O–H groups in total. The predicted octanol–water partition coefficient (Wildman–Crippen LogP) is 4.79. The van der Waals surface area contributed by atoms with E-state index in [4.69, 9.17) is 9.47 Å². The number of rotatable bonds is 7. The van der Waals surface area contributed by atoms with Crippen LogP contribution in [0.3, 0.4) is 0 Å². The second kappa shape index (κ2) is 9.60. The summed E-state index contributed by atoms with van der Waals surface area (Å²) in [4.78, 5) is 23.8. The highest BCUT2D eigenvalue weighted by molar-refractivity contribution is 6.04. The lowest BCUT2D eigenvalue weighted by Gasteiger charge is -2.13. The van der Waals surface area contributed by atoms with Gasteiger partial charge in [-0.2, -0.15) is 0 Å². The number of carbonyl (C=O) groups excluding carboxylic acids is 2. The van der Waals surface area contributed by atoms with Crippen molar-refractivity contribution in [2.24, 2.45) is 0 Å². The molecule has 154 valence electrons. The molecule has 0 aromatic heterocycles. The van der Waals surface area contributed by atoms with Gasteiger partial charge in [-0.05, 0) is 61.5 Å². The van der Waals surface area contributed by atoms with Crippen molar-refractivity contribution in [2.45, 2.75) is 20.5 Å². The molecule has 0 aliphatic carbocycles. The summed E-state index contributed by atoms with van der Waals surface area (Å²) in [5.74, 6) is 1.00. The largest absolute Gasteiger partial charge is 0.496 e. The molecule has 0 radical (unpaired) electrons. The zero-order chi connectivity index (χ0) is 21.5. The summed E-state index contributed by atoms with van der Waals surface area (Å²) in [5.41, 5.74) is 3.71. The standard InChI is InChI=1S/C24H24N2O4/c1-16-4-11-22(12-5-16)30-15-19-14-18(6-13-23(19)29-3)24(28)26-21-9-7-20(8-10-21)25-17(2)27/h4-14H,15H2,1-3H3,(H,25,27)(H,26,28). The molecule has 6 nitrogen and oxygen atoms in total. The van der Waals surface area contributed by atoms with Crippen molar-refractivity contribution < 1.29 is 19.1 Å². The maximum Gasteiger partial charge on any atom is 0.255 e. The first kappa shape index (κ1) is 20.9. The summed E-state index contributed by atoms with van der Waals surface area (Å²) >= 11 is 0. The Balaban J connectivity index is 1.70. The smallest absolute Gasteiger partial charge is 0.255 e. The Morgan fingerprint density at radius 1 is 0.867 bits per heavy atom. The molecule has 0 spiro atoms. The molecule has 0 bridgehead atoms. The molecule has 0 aliphatic rings. The summed E-state index contributed by atoms with van der Waals surface area (Å²) in [5, 5.41) is 5.54. The Morgan fingerprint density at radius 3 is 2.10 bits per heavy atom. The number of nitrogens with one attached hydrogen (secondary N) is 2. The molecule has 0 saturated carbocycles. The fourth-order valence-electron chi connectivity index (χ4n) is 2.87. The molecule has 0 saturated heterocycles. The van der Waals surface area contributed by atoms with E-state index in [1.807, 2.05) is 31.2 Å². The number of amides is 2. The molecular formula is C24H24N2O4. The van der Waals surface area contributed by atoms with E-state index in [0.29, 0.717) is 22.7 Å². The number of benzene rings is 3. The van der Waals surface area contributed by atoms with Gasteiger partial charge < -0.3 is 20.1 Å². The van der Waals surface area contributed by atoms with Gasteiger partial charge in [-0.3, -0.25) is 9.59 Å². The van der Waals surface area contributed by atoms with E-state index in [1.54, 1.807) is 49.6 Å². The van der Waals surface area contributed by atoms with Crippen LogP contribution in [0, 0.1) is 6.92 Å². The number of aryl methyl sites for hydroxylation is 1. The van der Waals surface area contributed by atoms with E-state index in [9.17, 15) is 9.59 Å². The molecule has 3 aromatic carbocycles. The van der Waals surface area contributed by atoms with Gasteiger partial charge in [0, 0.05) is 29.4 Å². The molecule has 3 aromatic rings. The monoisotopic (exact) mass is 404 g/mol.